The molecule has 6 nitrogen and oxygen atoms in total. The van der Waals surface area contributed by atoms with Crippen LogP contribution in [0.4, 0.5) is 5.95 Å². The van der Waals surface area contributed by atoms with E-state index < -0.39 is 0 Å². The van der Waals surface area contributed by atoms with E-state index in [0.29, 0.717) is 29.9 Å². The Labute approximate surface area is 156 Å². The van der Waals surface area contributed by atoms with Gasteiger partial charge >= 0.3 is 0 Å². The van der Waals surface area contributed by atoms with Crippen LogP contribution in [0.3, 0.4) is 0 Å². The van der Waals surface area contributed by atoms with Gasteiger partial charge in [-0.2, -0.15) is 4.98 Å². The average Bonchev–Trinajstić information content (AvgIpc) is 3.11. The Kier molecular flexibility index (Phi) is 4.44. The molecule has 3 saturated carbocycles. The summed E-state index contributed by atoms with van der Waals surface area (Å²) in [5, 5.41) is 4.30. The Morgan fingerprint density at radius 1 is 1.12 bits per heavy atom. The Morgan fingerprint density at radius 3 is 2.54 bits per heavy atom. The zero-order chi connectivity index (χ0) is 17.7. The van der Waals surface area contributed by atoms with Crippen molar-refractivity contribution in [1.29, 1.82) is 0 Å². The van der Waals surface area contributed by atoms with Crippen molar-refractivity contribution in [3.8, 4) is 0 Å². The minimum absolute atomic E-state index is 0.377. The number of hydrogen-bond donors (Lipinski definition) is 0. The fourth-order valence-corrected chi connectivity index (χ4v) is 5.00. The highest BCUT2D eigenvalue weighted by Gasteiger charge is 2.44. The molecule has 0 amide bonds. The molecule has 0 spiro atoms. The second kappa shape index (κ2) is 6.79. The maximum absolute atomic E-state index is 6.38. The molecule has 3 aliphatic carbocycles. The number of nitrogens with zero attached hydrogens (tertiary/aromatic N) is 4. The number of aromatic nitrogens is 2. The summed E-state index contributed by atoms with van der Waals surface area (Å²) in [5.74, 6) is 4.44. The van der Waals surface area contributed by atoms with Crippen molar-refractivity contribution in [2.75, 3.05) is 38.7 Å². The number of ether oxygens (including phenoxy) is 1. The molecule has 4 atom stereocenters. The molecule has 0 unspecified atom stereocenters. The van der Waals surface area contributed by atoms with E-state index in [1.807, 2.05) is 0 Å². The maximum Gasteiger partial charge on any atom is 0.266 e. The molecule has 0 aromatic carbocycles. The van der Waals surface area contributed by atoms with Crippen LogP contribution < -0.4 is 4.90 Å². The smallest absolute Gasteiger partial charge is 0.266 e. The van der Waals surface area contributed by atoms with Crippen LogP contribution in [0.5, 0.6) is 0 Å². The van der Waals surface area contributed by atoms with Gasteiger partial charge in [-0.05, 0) is 75.5 Å². The van der Waals surface area contributed by atoms with Gasteiger partial charge in [0, 0.05) is 31.7 Å². The van der Waals surface area contributed by atoms with Crippen LogP contribution in [0, 0.1) is 17.8 Å². The van der Waals surface area contributed by atoms with Crippen molar-refractivity contribution in [3.63, 3.8) is 0 Å². The zero-order valence-electron chi connectivity index (χ0n) is 16.1. The van der Waals surface area contributed by atoms with Gasteiger partial charge in [0.25, 0.3) is 5.95 Å². The predicted octanol–water partition coefficient (Wildman–Crippen LogP) is 2.91. The van der Waals surface area contributed by atoms with Gasteiger partial charge in [0.2, 0.25) is 5.89 Å². The second-order valence-electron chi connectivity index (χ2n) is 9.30. The monoisotopic (exact) mass is 360 g/mol. The molecule has 26 heavy (non-hydrogen) atoms. The molecular formula is C20H32N4O2. The molecule has 4 fully saturated rings. The van der Waals surface area contributed by atoms with Gasteiger partial charge in [0.05, 0.1) is 6.10 Å². The lowest BCUT2D eigenvalue weighted by Gasteiger charge is -2.41. The SMILES string of the molecule is CN(C)[C@@H]1C[C@@H]2CN(c3noc(C4CCC4)n3)C[C@@H]2C[C@H]1OCC1CC1. The third-order valence-electron chi connectivity index (χ3n) is 7.16. The van der Waals surface area contributed by atoms with Crippen LogP contribution >= 0.6 is 0 Å². The van der Waals surface area contributed by atoms with Crippen LogP contribution in [-0.4, -0.2) is 61.0 Å². The molecule has 6 heteroatoms. The molecule has 0 bridgehead atoms. The molecule has 1 aromatic heterocycles. The summed E-state index contributed by atoms with van der Waals surface area (Å²) in [6.07, 6.45) is 9.20. The molecule has 4 aliphatic rings. The van der Waals surface area contributed by atoms with Gasteiger partial charge in [-0.1, -0.05) is 6.42 Å². The zero-order valence-corrected chi connectivity index (χ0v) is 16.1. The lowest BCUT2D eigenvalue weighted by atomic mass is 9.77. The Hall–Kier alpha value is -1.14. The second-order valence-corrected chi connectivity index (χ2v) is 9.30. The Morgan fingerprint density at radius 2 is 1.88 bits per heavy atom. The predicted molar refractivity (Wildman–Crippen MR) is 99.3 cm³/mol. The molecule has 1 aliphatic heterocycles. The summed E-state index contributed by atoms with van der Waals surface area (Å²) in [4.78, 5) is 9.45. The minimum atomic E-state index is 0.377. The van der Waals surface area contributed by atoms with E-state index in [9.17, 15) is 0 Å². The minimum Gasteiger partial charge on any atom is -0.376 e. The first kappa shape index (κ1) is 17.0. The molecule has 0 N–H and O–H groups in total. The largest absolute Gasteiger partial charge is 0.376 e. The summed E-state index contributed by atoms with van der Waals surface area (Å²) >= 11 is 0. The first-order chi connectivity index (χ1) is 12.7. The summed E-state index contributed by atoms with van der Waals surface area (Å²) in [6.45, 7) is 3.08. The van der Waals surface area contributed by atoms with Crippen molar-refractivity contribution in [1.82, 2.24) is 15.0 Å². The molecule has 2 heterocycles. The van der Waals surface area contributed by atoms with E-state index in [4.69, 9.17) is 14.2 Å². The summed E-state index contributed by atoms with van der Waals surface area (Å²) < 4.78 is 11.9. The lowest BCUT2D eigenvalue weighted by molar-refractivity contribution is -0.0493. The number of fused-ring (bicyclic) bond motifs is 1. The van der Waals surface area contributed by atoms with Gasteiger partial charge in [-0.3, -0.25) is 0 Å². The Bertz CT molecular complexity index is 625. The standard InChI is InChI=1S/C20H32N4O2/c1-23(2)17-8-15-10-24(20-21-19(26-22-20)14-4-3-5-14)11-16(15)9-18(17)25-12-13-6-7-13/h13-18H,3-12H2,1-2H3/t15-,16+,17-,18-/m1/s1. The maximum atomic E-state index is 6.38. The normalized spacial score (nSPS) is 35.0. The van der Waals surface area contributed by atoms with Gasteiger partial charge in [-0.25, -0.2) is 0 Å². The third-order valence-corrected chi connectivity index (χ3v) is 7.16. The van der Waals surface area contributed by atoms with E-state index in [0.717, 1.165) is 37.5 Å². The lowest BCUT2D eigenvalue weighted by Crippen LogP contribution is -2.48. The van der Waals surface area contributed by atoms with Crippen molar-refractivity contribution < 1.29 is 9.26 Å². The first-order valence-corrected chi connectivity index (χ1v) is 10.5. The molecule has 1 aromatic rings. The summed E-state index contributed by atoms with van der Waals surface area (Å²) in [6, 6.07) is 0.533. The number of anilines is 1. The third kappa shape index (κ3) is 3.26. The van der Waals surface area contributed by atoms with Crippen LogP contribution in [0.25, 0.3) is 0 Å². The van der Waals surface area contributed by atoms with E-state index in [1.165, 1.54) is 44.9 Å². The van der Waals surface area contributed by atoms with Gasteiger partial charge in [-0.15, -0.1) is 0 Å². The van der Waals surface area contributed by atoms with Crippen LogP contribution in [-0.2, 0) is 4.74 Å². The van der Waals surface area contributed by atoms with E-state index >= 15 is 0 Å². The fraction of sp³-hybridized carbons (Fsp3) is 0.900. The quantitative estimate of drug-likeness (QED) is 0.777. The van der Waals surface area contributed by atoms with Crippen molar-refractivity contribution >= 4 is 5.95 Å². The van der Waals surface area contributed by atoms with Gasteiger partial charge < -0.3 is 19.1 Å². The highest BCUT2D eigenvalue weighted by atomic mass is 16.5. The number of likely N-dealkylation sites (N-methyl/N-ethyl adjacent to an activating group) is 1. The van der Waals surface area contributed by atoms with Crippen LogP contribution in [0.15, 0.2) is 4.52 Å². The molecule has 1 saturated heterocycles. The summed E-state index contributed by atoms with van der Waals surface area (Å²) in [7, 11) is 4.41. The molecule has 0 radical (unpaired) electrons. The van der Waals surface area contributed by atoms with Crippen molar-refractivity contribution in [3.05, 3.63) is 5.89 Å². The van der Waals surface area contributed by atoms with Crippen molar-refractivity contribution in [2.24, 2.45) is 17.8 Å². The Balaban J connectivity index is 1.24. The molecule has 5 rings (SSSR count). The molecular weight excluding hydrogens is 328 g/mol. The van der Waals surface area contributed by atoms with E-state index in [-0.39, 0.29) is 0 Å². The van der Waals surface area contributed by atoms with E-state index in [2.05, 4.69) is 29.1 Å². The topological polar surface area (TPSA) is 54.6 Å². The average molecular weight is 361 g/mol. The van der Waals surface area contributed by atoms with Gasteiger partial charge in [0.15, 0.2) is 0 Å². The van der Waals surface area contributed by atoms with Gasteiger partial charge in [0.1, 0.15) is 0 Å². The fourth-order valence-electron chi connectivity index (χ4n) is 5.00. The van der Waals surface area contributed by atoms with Crippen molar-refractivity contribution in [2.45, 2.75) is 63.0 Å². The summed E-state index contributed by atoms with van der Waals surface area (Å²) in [5.41, 5.74) is 0. The molecule has 144 valence electrons. The number of hydrogen-bond acceptors (Lipinski definition) is 6. The first-order valence-electron chi connectivity index (χ1n) is 10.5. The highest BCUT2D eigenvalue weighted by Crippen LogP contribution is 2.41. The highest BCUT2D eigenvalue weighted by molar-refractivity contribution is 5.31. The number of rotatable bonds is 6. The van der Waals surface area contributed by atoms with Crippen LogP contribution in [0.2, 0.25) is 0 Å². The van der Waals surface area contributed by atoms with E-state index in [1.54, 1.807) is 0 Å². The van der Waals surface area contributed by atoms with Crippen LogP contribution in [0.1, 0.15) is 56.8 Å².